The minimum Gasteiger partial charge on any atom is -0.459 e. The van der Waals surface area contributed by atoms with E-state index in [1.165, 1.54) is 0 Å². The molecule has 0 aromatic rings. The van der Waals surface area contributed by atoms with Crippen molar-refractivity contribution < 1.29 is 59.3 Å². The number of alkyl halides is 7. The molecule has 2 aliphatic heterocycles. The van der Waals surface area contributed by atoms with E-state index in [0.717, 1.165) is 0 Å². The summed E-state index contributed by atoms with van der Waals surface area (Å²) < 4.78 is 112. The van der Waals surface area contributed by atoms with Crippen LogP contribution in [-0.2, 0) is 28.5 Å². The number of hydrogen-bond acceptors (Lipinski definition) is 6. The van der Waals surface area contributed by atoms with Crippen LogP contribution in [0.25, 0.3) is 0 Å². The lowest BCUT2D eigenvalue weighted by atomic mass is 9.70. The Hall–Kier alpha value is -1.63. The molecule has 0 amide bonds. The largest absolute Gasteiger partial charge is 0.470 e. The summed E-state index contributed by atoms with van der Waals surface area (Å²) in [6.07, 6.45) is -15.3. The van der Waals surface area contributed by atoms with E-state index in [2.05, 4.69) is 4.74 Å². The van der Waals surface area contributed by atoms with Crippen LogP contribution in [0.5, 0.6) is 0 Å². The molecule has 7 unspecified atom stereocenters. The molecule has 4 aliphatic rings. The number of epoxide rings is 1. The number of esters is 2. The molecule has 2 saturated heterocycles. The van der Waals surface area contributed by atoms with Crippen LogP contribution in [0.15, 0.2) is 0 Å². The van der Waals surface area contributed by atoms with E-state index in [-0.39, 0.29) is 30.6 Å². The van der Waals surface area contributed by atoms with Crippen molar-refractivity contribution in [3.63, 3.8) is 0 Å². The quantitative estimate of drug-likeness (QED) is 0.325. The lowest BCUT2D eigenvalue weighted by molar-refractivity contribution is -0.418. The molecule has 0 aromatic heterocycles. The van der Waals surface area contributed by atoms with Crippen LogP contribution in [0.4, 0.5) is 30.7 Å². The molecule has 13 heteroatoms. The van der Waals surface area contributed by atoms with Crippen molar-refractivity contribution >= 4 is 11.9 Å². The SMILES string of the molecule is CC(C)(C)CCC(=O)OC1C2CC3CC4(OC4OC31)C2C(=O)OC(F)(C(F)(F)F)C(F)(F)F. The van der Waals surface area contributed by atoms with Gasteiger partial charge in [0.05, 0.1) is 5.92 Å². The van der Waals surface area contributed by atoms with Gasteiger partial charge in [-0.2, -0.15) is 30.7 Å². The van der Waals surface area contributed by atoms with Gasteiger partial charge in [-0.1, -0.05) is 20.8 Å². The minimum atomic E-state index is -6.55. The lowest BCUT2D eigenvalue weighted by Crippen LogP contribution is -2.58. The van der Waals surface area contributed by atoms with Gasteiger partial charge in [-0.15, -0.1) is 0 Å². The molecular formula is C20H23F7O6. The normalized spacial score (nSPS) is 37.5. The minimum absolute atomic E-state index is 0.0139. The average molecular weight is 492 g/mol. The van der Waals surface area contributed by atoms with Gasteiger partial charge in [0, 0.05) is 12.3 Å². The maximum atomic E-state index is 14.1. The first-order valence-electron chi connectivity index (χ1n) is 10.5. The summed E-state index contributed by atoms with van der Waals surface area (Å²) in [5, 5.41) is 0. The van der Waals surface area contributed by atoms with Crippen LogP contribution < -0.4 is 0 Å². The van der Waals surface area contributed by atoms with Gasteiger partial charge in [0.25, 0.3) is 0 Å². The Morgan fingerprint density at radius 2 is 1.64 bits per heavy atom. The summed E-state index contributed by atoms with van der Waals surface area (Å²) >= 11 is 0. The molecule has 0 N–H and O–H groups in total. The van der Waals surface area contributed by atoms with Gasteiger partial charge in [0.2, 0.25) is 0 Å². The predicted molar refractivity (Wildman–Crippen MR) is 92.8 cm³/mol. The maximum Gasteiger partial charge on any atom is 0.470 e. The fourth-order valence-corrected chi connectivity index (χ4v) is 5.25. The fourth-order valence-electron chi connectivity index (χ4n) is 5.25. The Balaban J connectivity index is 1.57. The first-order valence-corrected chi connectivity index (χ1v) is 10.5. The van der Waals surface area contributed by atoms with Gasteiger partial charge >= 0.3 is 30.1 Å². The summed E-state index contributed by atoms with van der Waals surface area (Å²) in [6, 6.07) is 0. The predicted octanol–water partition coefficient (Wildman–Crippen LogP) is 4.21. The molecule has 6 nitrogen and oxygen atoms in total. The third-order valence-corrected chi connectivity index (χ3v) is 6.84. The van der Waals surface area contributed by atoms with Gasteiger partial charge in [-0.25, -0.2) is 0 Å². The van der Waals surface area contributed by atoms with Crippen LogP contribution in [0.2, 0.25) is 0 Å². The molecule has 2 saturated carbocycles. The van der Waals surface area contributed by atoms with Crippen LogP contribution in [0.3, 0.4) is 0 Å². The van der Waals surface area contributed by atoms with E-state index < -0.39 is 66.1 Å². The summed E-state index contributed by atoms with van der Waals surface area (Å²) in [6.45, 7) is 5.69. The molecule has 3 bridgehead atoms. The van der Waals surface area contributed by atoms with Crippen molar-refractivity contribution in [2.24, 2.45) is 23.2 Å². The summed E-state index contributed by atoms with van der Waals surface area (Å²) in [4.78, 5) is 25.1. The summed E-state index contributed by atoms with van der Waals surface area (Å²) in [5.74, 6) is -11.9. The van der Waals surface area contributed by atoms with Crippen LogP contribution in [0, 0.1) is 23.2 Å². The summed E-state index contributed by atoms with van der Waals surface area (Å²) in [7, 11) is 0. The lowest BCUT2D eigenvalue weighted by Gasteiger charge is -2.37. The van der Waals surface area contributed by atoms with E-state index in [4.69, 9.17) is 14.2 Å². The van der Waals surface area contributed by atoms with Gasteiger partial charge in [-0.05, 0) is 30.6 Å². The van der Waals surface area contributed by atoms with Crippen molar-refractivity contribution in [1.82, 2.24) is 0 Å². The van der Waals surface area contributed by atoms with E-state index >= 15 is 0 Å². The van der Waals surface area contributed by atoms with Crippen molar-refractivity contribution in [1.29, 1.82) is 0 Å². The van der Waals surface area contributed by atoms with Crippen molar-refractivity contribution in [2.45, 2.75) is 88.8 Å². The van der Waals surface area contributed by atoms with Gasteiger partial charge in [0.1, 0.15) is 17.8 Å². The molecule has 4 fully saturated rings. The van der Waals surface area contributed by atoms with Crippen LogP contribution >= 0.6 is 0 Å². The number of ether oxygens (including phenoxy) is 4. The first kappa shape index (κ1) is 24.5. The van der Waals surface area contributed by atoms with E-state index in [1.54, 1.807) is 0 Å². The zero-order valence-corrected chi connectivity index (χ0v) is 17.9. The molecule has 188 valence electrons. The monoisotopic (exact) mass is 492 g/mol. The van der Waals surface area contributed by atoms with E-state index in [9.17, 15) is 40.3 Å². The number of rotatable bonds is 5. The highest BCUT2D eigenvalue weighted by Gasteiger charge is 2.81. The smallest absolute Gasteiger partial charge is 0.459 e. The second-order valence-electron chi connectivity index (χ2n) is 10.4. The number of hydrogen-bond donors (Lipinski definition) is 0. The zero-order valence-electron chi connectivity index (χ0n) is 17.9. The highest BCUT2D eigenvalue weighted by atomic mass is 19.4. The van der Waals surface area contributed by atoms with Gasteiger partial charge in [0.15, 0.2) is 6.29 Å². The molecule has 0 aromatic carbocycles. The molecule has 0 radical (unpaired) electrons. The van der Waals surface area contributed by atoms with Crippen molar-refractivity contribution in [3.05, 3.63) is 0 Å². The third-order valence-electron chi connectivity index (χ3n) is 6.84. The van der Waals surface area contributed by atoms with Gasteiger partial charge in [-0.3, -0.25) is 9.59 Å². The molecular weight excluding hydrogens is 469 g/mol. The molecule has 2 heterocycles. The number of halogens is 7. The zero-order chi connectivity index (χ0) is 24.8. The van der Waals surface area contributed by atoms with Gasteiger partial charge < -0.3 is 18.9 Å². The fraction of sp³-hybridized carbons (Fsp3) is 0.900. The van der Waals surface area contributed by atoms with Crippen LogP contribution in [0.1, 0.15) is 46.5 Å². The molecule has 33 heavy (non-hydrogen) atoms. The first-order chi connectivity index (χ1) is 14.9. The Bertz CT molecular complexity index is 820. The average Bonchev–Trinajstić information content (AvgIpc) is 3.26. The van der Waals surface area contributed by atoms with Crippen molar-refractivity contribution in [2.75, 3.05) is 0 Å². The summed E-state index contributed by atoms with van der Waals surface area (Å²) in [5.41, 5.74) is -1.72. The molecule has 4 rings (SSSR count). The van der Waals surface area contributed by atoms with E-state index in [1.807, 2.05) is 20.8 Å². The number of carbonyl (C=O) groups is 2. The standard InChI is InChI=1S/C20H23F7O6/c1-16(2,3)5-4-10(28)30-13-9-6-8-7-17(15(33-17)31-12(8)13)11(9)14(29)32-18(21,19(22,23)24)20(25,26)27/h8-9,11-13,15H,4-7H2,1-3H3. The van der Waals surface area contributed by atoms with E-state index in [0.29, 0.717) is 6.42 Å². The molecule has 2 aliphatic carbocycles. The highest BCUT2D eigenvalue weighted by Crippen LogP contribution is 2.66. The number of carbonyl (C=O) groups excluding carboxylic acids is 2. The third kappa shape index (κ3) is 3.88. The second kappa shape index (κ2) is 7.19. The highest BCUT2D eigenvalue weighted by molar-refractivity contribution is 5.77. The Morgan fingerprint density at radius 1 is 1.03 bits per heavy atom. The molecule has 7 atom stereocenters. The number of fused-ring (bicyclic) bond motifs is 1. The maximum absolute atomic E-state index is 14.1. The molecule has 1 spiro atoms. The Kier molecular flexibility index (Phi) is 5.34. The van der Waals surface area contributed by atoms with Crippen LogP contribution in [-0.4, -0.2) is 54.2 Å². The Morgan fingerprint density at radius 3 is 2.18 bits per heavy atom. The topological polar surface area (TPSA) is 74.4 Å². The Labute approximate surface area is 184 Å². The van der Waals surface area contributed by atoms with Crippen molar-refractivity contribution in [3.8, 4) is 0 Å². The second-order valence-corrected chi connectivity index (χ2v) is 10.4.